The van der Waals surface area contributed by atoms with Crippen molar-refractivity contribution in [2.24, 2.45) is 5.73 Å². The van der Waals surface area contributed by atoms with Crippen molar-refractivity contribution >= 4 is 11.7 Å². The SMILES string of the molecule is CCCCCC(=O)NCc1ccc(C(=N)N)cc1. The van der Waals surface area contributed by atoms with Crippen LogP contribution in [0.3, 0.4) is 0 Å². The highest BCUT2D eigenvalue weighted by atomic mass is 16.1. The van der Waals surface area contributed by atoms with E-state index in [0.717, 1.165) is 24.8 Å². The van der Waals surface area contributed by atoms with Crippen LogP contribution in [0.5, 0.6) is 0 Å². The highest BCUT2D eigenvalue weighted by Gasteiger charge is 2.01. The number of amidine groups is 1. The van der Waals surface area contributed by atoms with Crippen molar-refractivity contribution < 1.29 is 4.79 Å². The fourth-order valence-electron chi connectivity index (χ4n) is 1.63. The molecule has 0 spiro atoms. The second kappa shape index (κ2) is 7.48. The summed E-state index contributed by atoms with van der Waals surface area (Å²) in [6.45, 7) is 2.65. The summed E-state index contributed by atoms with van der Waals surface area (Å²) in [7, 11) is 0. The van der Waals surface area contributed by atoms with Gasteiger partial charge in [0.2, 0.25) is 5.91 Å². The molecular weight excluding hydrogens is 226 g/mol. The van der Waals surface area contributed by atoms with Gasteiger partial charge in [-0.1, -0.05) is 44.0 Å². The van der Waals surface area contributed by atoms with Crippen LogP contribution in [0.4, 0.5) is 0 Å². The van der Waals surface area contributed by atoms with E-state index in [1.807, 2.05) is 12.1 Å². The van der Waals surface area contributed by atoms with Crippen LogP contribution < -0.4 is 11.1 Å². The van der Waals surface area contributed by atoms with E-state index < -0.39 is 0 Å². The Morgan fingerprint density at radius 3 is 2.50 bits per heavy atom. The number of carbonyl (C=O) groups is 1. The second-order valence-electron chi connectivity index (χ2n) is 4.34. The van der Waals surface area contributed by atoms with Gasteiger partial charge in [0.15, 0.2) is 0 Å². The van der Waals surface area contributed by atoms with Gasteiger partial charge >= 0.3 is 0 Å². The number of nitrogen functional groups attached to an aromatic ring is 1. The lowest BCUT2D eigenvalue weighted by Gasteiger charge is -2.06. The van der Waals surface area contributed by atoms with Gasteiger partial charge in [0, 0.05) is 18.5 Å². The molecule has 1 rings (SSSR count). The minimum atomic E-state index is 0.0603. The predicted molar refractivity (Wildman–Crippen MR) is 73.4 cm³/mol. The Bertz CT molecular complexity index is 398. The van der Waals surface area contributed by atoms with Gasteiger partial charge in [-0.05, 0) is 12.0 Å². The van der Waals surface area contributed by atoms with Gasteiger partial charge in [-0.2, -0.15) is 0 Å². The lowest BCUT2D eigenvalue weighted by Crippen LogP contribution is -2.22. The molecule has 4 N–H and O–H groups in total. The molecule has 1 amide bonds. The number of hydrogen-bond acceptors (Lipinski definition) is 2. The van der Waals surface area contributed by atoms with E-state index in [2.05, 4.69) is 12.2 Å². The van der Waals surface area contributed by atoms with E-state index in [-0.39, 0.29) is 11.7 Å². The molecule has 0 bridgehead atoms. The fourth-order valence-corrected chi connectivity index (χ4v) is 1.63. The van der Waals surface area contributed by atoms with Crippen molar-refractivity contribution in [3.8, 4) is 0 Å². The Balaban J connectivity index is 2.34. The molecule has 1 aromatic rings. The zero-order valence-electron chi connectivity index (χ0n) is 10.8. The average Bonchev–Trinajstić information content (AvgIpc) is 2.37. The standard InChI is InChI=1S/C14H21N3O/c1-2-3-4-5-13(18)17-10-11-6-8-12(9-7-11)14(15)16/h6-9H,2-5,10H2,1H3,(H3,15,16)(H,17,18). The molecule has 0 radical (unpaired) electrons. The molecule has 0 unspecified atom stereocenters. The molecule has 4 nitrogen and oxygen atoms in total. The van der Waals surface area contributed by atoms with Gasteiger partial charge in [-0.15, -0.1) is 0 Å². The molecule has 1 aromatic carbocycles. The second-order valence-corrected chi connectivity index (χ2v) is 4.34. The number of amides is 1. The van der Waals surface area contributed by atoms with E-state index >= 15 is 0 Å². The van der Waals surface area contributed by atoms with Crippen LogP contribution in [0.15, 0.2) is 24.3 Å². The Labute approximate surface area is 108 Å². The summed E-state index contributed by atoms with van der Waals surface area (Å²) in [6, 6.07) is 7.34. The fraction of sp³-hybridized carbons (Fsp3) is 0.429. The Morgan fingerprint density at radius 1 is 1.28 bits per heavy atom. The van der Waals surface area contributed by atoms with E-state index in [0.29, 0.717) is 18.5 Å². The minimum absolute atomic E-state index is 0.0603. The van der Waals surface area contributed by atoms with Crippen molar-refractivity contribution in [3.05, 3.63) is 35.4 Å². The molecule has 0 saturated heterocycles. The third-order valence-electron chi connectivity index (χ3n) is 2.76. The van der Waals surface area contributed by atoms with E-state index in [9.17, 15) is 4.79 Å². The molecule has 0 atom stereocenters. The van der Waals surface area contributed by atoms with Crippen molar-refractivity contribution in [3.63, 3.8) is 0 Å². The number of hydrogen-bond donors (Lipinski definition) is 3. The zero-order chi connectivity index (χ0) is 13.4. The van der Waals surface area contributed by atoms with Gasteiger partial charge in [0.25, 0.3) is 0 Å². The molecule has 0 saturated carbocycles. The summed E-state index contributed by atoms with van der Waals surface area (Å²) in [5.41, 5.74) is 7.09. The van der Waals surface area contributed by atoms with Crippen LogP contribution in [0.1, 0.15) is 43.7 Å². The molecule has 0 aliphatic rings. The normalized spacial score (nSPS) is 10.1. The first-order chi connectivity index (χ1) is 8.63. The number of benzene rings is 1. The summed E-state index contributed by atoms with van der Waals surface area (Å²) >= 11 is 0. The zero-order valence-corrected chi connectivity index (χ0v) is 10.8. The molecule has 0 aromatic heterocycles. The lowest BCUT2D eigenvalue weighted by atomic mass is 10.1. The van der Waals surface area contributed by atoms with Crippen LogP contribution in [0.2, 0.25) is 0 Å². The molecule has 0 aliphatic heterocycles. The molecular formula is C14H21N3O. The van der Waals surface area contributed by atoms with Gasteiger partial charge in [0.05, 0.1) is 0 Å². The van der Waals surface area contributed by atoms with Crippen LogP contribution in [-0.2, 0) is 11.3 Å². The third kappa shape index (κ3) is 4.99. The van der Waals surface area contributed by atoms with E-state index in [1.54, 1.807) is 12.1 Å². The Morgan fingerprint density at radius 2 is 1.94 bits per heavy atom. The van der Waals surface area contributed by atoms with Crippen LogP contribution in [0.25, 0.3) is 0 Å². The molecule has 0 aliphatic carbocycles. The average molecular weight is 247 g/mol. The van der Waals surface area contributed by atoms with Crippen molar-refractivity contribution in [1.29, 1.82) is 5.41 Å². The molecule has 0 heterocycles. The minimum Gasteiger partial charge on any atom is -0.384 e. The number of carbonyl (C=O) groups excluding carboxylic acids is 1. The van der Waals surface area contributed by atoms with Crippen LogP contribution in [-0.4, -0.2) is 11.7 Å². The molecule has 18 heavy (non-hydrogen) atoms. The van der Waals surface area contributed by atoms with Gasteiger partial charge < -0.3 is 11.1 Å². The quantitative estimate of drug-likeness (QED) is 0.392. The smallest absolute Gasteiger partial charge is 0.220 e. The monoisotopic (exact) mass is 247 g/mol. The summed E-state index contributed by atoms with van der Waals surface area (Å²) in [6.07, 6.45) is 3.77. The number of nitrogens with one attached hydrogen (secondary N) is 2. The number of unbranched alkanes of at least 4 members (excludes halogenated alkanes) is 2. The summed E-state index contributed by atoms with van der Waals surface area (Å²) in [4.78, 5) is 11.5. The maximum atomic E-state index is 11.5. The lowest BCUT2D eigenvalue weighted by molar-refractivity contribution is -0.121. The van der Waals surface area contributed by atoms with Gasteiger partial charge in [-0.25, -0.2) is 0 Å². The van der Waals surface area contributed by atoms with Gasteiger partial charge in [-0.3, -0.25) is 10.2 Å². The first-order valence-corrected chi connectivity index (χ1v) is 6.33. The largest absolute Gasteiger partial charge is 0.384 e. The summed E-state index contributed by atoms with van der Waals surface area (Å²) in [5.74, 6) is 0.157. The van der Waals surface area contributed by atoms with Crippen molar-refractivity contribution in [2.45, 2.75) is 39.2 Å². The Hall–Kier alpha value is -1.84. The summed E-state index contributed by atoms with van der Waals surface area (Å²) in [5, 5.41) is 10.2. The highest BCUT2D eigenvalue weighted by Crippen LogP contribution is 2.04. The molecule has 0 fully saturated rings. The summed E-state index contributed by atoms with van der Waals surface area (Å²) < 4.78 is 0. The van der Waals surface area contributed by atoms with Gasteiger partial charge in [0.1, 0.15) is 5.84 Å². The number of nitrogens with two attached hydrogens (primary N) is 1. The van der Waals surface area contributed by atoms with Crippen molar-refractivity contribution in [1.82, 2.24) is 5.32 Å². The molecule has 4 heteroatoms. The molecule has 98 valence electrons. The van der Waals surface area contributed by atoms with Crippen LogP contribution in [0, 0.1) is 5.41 Å². The topological polar surface area (TPSA) is 79.0 Å². The highest BCUT2D eigenvalue weighted by molar-refractivity contribution is 5.94. The first kappa shape index (κ1) is 14.2. The van der Waals surface area contributed by atoms with Crippen LogP contribution >= 0.6 is 0 Å². The van der Waals surface area contributed by atoms with E-state index in [1.165, 1.54) is 0 Å². The van der Waals surface area contributed by atoms with E-state index in [4.69, 9.17) is 11.1 Å². The predicted octanol–water partition coefficient (Wildman–Crippen LogP) is 2.17. The van der Waals surface area contributed by atoms with Crippen molar-refractivity contribution in [2.75, 3.05) is 0 Å². The maximum absolute atomic E-state index is 11.5. The maximum Gasteiger partial charge on any atom is 0.220 e. The third-order valence-corrected chi connectivity index (χ3v) is 2.76. The number of rotatable bonds is 7. The Kier molecular flexibility index (Phi) is 5.91. The first-order valence-electron chi connectivity index (χ1n) is 6.33.